The average Bonchev–Trinajstić information content (AvgIpc) is 2.86. The Labute approximate surface area is 188 Å². The van der Waals surface area contributed by atoms with Crippen molar-refractivity contribution < 1.29 is 19.4 Å². The topological polar surface area (TPSA) is 80.2 Å². The van der Waals surface area contributed by atoms with Gasteiger partial charge in [-0.2, -0.15) is 5.10 Å². The SMILES string of the molecule is CCC/C(=N\NC(=O)C(O)(c1ccc(OC)cc1)c1ccc(OC)cc1)c1ccccc1. The first-order chi connectivity index (χ1) is 15.5. The molecule has 0 fully saturated rings. The normalized spacial score (nSPS) is 11.7. The summed E-state index contributed by atoms with van der Waals surface area (Å²) in [4.78, 5) is 13.4. The van der Waals surface area contributed by atoms with Gasteiger partial charge in [-0.3, -0.25) is 4.79 Å². The molecule has 0 heterocycles. The van der Waals surface area contributed by atoms with Gasteiger partial charge in [0.2, 0.25) is 0 Å². The van der Waals surface area contributed by atoms with E-state index in [2.05, 4.69) is 10.5 Å². The second-order valence-corrected chi connectivity index (χ2v) is 7.28. The molecule has 0 bridgehead atoms. The predicted octanol–water partition coefficient (Wildman–Crippen LogP) is 4.26. The Morgan fingerprint density at radius 1 is 0.875 bits per heavy atom. The summed E-state index contributed by atoms with van der Waals surface area (Å²) in [5.41, 5.74) is 3.09. The zero-order valence-corrected chi connectivity index (χ0v) is 18.5. The quantitative estimate of drug-likeness (QED) is 0.391. The van der Waals surface area contributed by atoms with Crippen LogP contribution >= 0.6 is 0 Å². The number of aliphatic hydroxyl groups is 1. The third-order valence-electron chi connectivity index (χ3n) is 5.23. The Balaban J connectivity index is 2.00. The molecule has 0 aliphatic carbocycles. The second kappa shape index (κ2) is 10.6. The zero-order chi connectivity index (χ0) is 23.0. The minimum Gasteiger partial charge on any atom is -0.497 e. The van der Waals surface area contributed by atoms with E-state index in [1.807, 2.05) is 37.3 Å². The van der Waals surface area contributed by atoms with Crippen LogP contribution in [0.3, 0.4) is 0 Å². The fourth-order valence-corrected chi connectivity index (χ4v) is 3.42. The fraction of sp³-hybridized carbons (Fsp3) is 0.231. The summed E-state index contributed by atoms with van der Waals surface area (Å²) in [5, 5.41) is 16.1. The van der Waals surface area contributed by atoms with Gasteiger partial charge in [0.15, 0.2) is 5.60 Å². The summed E-state index contributed by atoms with van der Waals surface area (Å²) in [6.07, 6.45) is 1.55. The van der Waals surface area contributed by atoms with Gasteiger partial charge in [-0.1, -0.05) is 67.9 Å². The minimum atomic E-state index is -1.96. The molecular formula is C26H28N2O4. The molecule has 0 unspecified atom stereocenters. The highest BCUT2D eigenvalue weighted by Crippen LogP contribution is 2.32. The number of methoxy groups -OCH3 is 2. The number of hydrogen-bond donors (Lipinski definition) is 2. The summed E-state index contributed by atoms with van der Waals surface area (Å²) in [6.45, 7) is 2.05. The minimum absolute atomic E-state index is 0.396. The summed E-state index contributed by atoms with van der Waals surface area (Å²) in [7, 11) is 3.12. The van der Waals surface area contributed by atoms with Gasteiger partial charge in [0, 0.05) is 0 Å². The van der Waals surface area contributed by atoms with Gasteiger partial charge in [0.1, 0.15) is 11.5 Å². The highest BCUT2D eigenvalue weighted by atomic mass is 16.5. The summed E-state index contributed by atoms with van der Waals surface area (Å²) in [6, 6.07) is 23.1. The van der Waals surface area contributed by atoms with Crippen molar-refractivity contribution in [1.82, 2.24) is 5.43 Å². The van der Waals surface area contributed by atoms with E-state index in [0.29, 0.717) is 29.0 Å². The summed E-state index contributed by atoms with van der Waals surface area (Å²) in [5.74, 6) is 0.592. The first kappa shape index (κ1) is 23.0. The van der Waals surface area contributed by atoms with E-state index < -0.39 is 11.5 Å². The first-order valence-electron chi connectivity index (χ1n) is 10.5. The lowest BCUT2D eigenvalue weighted by molar-refractivity contribution is -0.136. The number of amides is 1. The number of nitrogens with one attached hydrogen (secondary N) is 1. The molecule has 3 rings (SSSR count). The Morgan fingerprint density at radius 2 is 1.38 bits per heavy atom. The maximum Gasteiger partial charge on any atom is 0.281 e. The number of carbonyl (C=O) groups excluding carboxylic acids is 1. The third kappa shape index (κ3) is 4.98. The standard InChI is InChI=1S/C26H28N2O4/c1-4-8-24(19-9-6-5-7-10-19)27-28-25(29)26(30,20-11-15-22(31-2)16-12-20)21-13-17-23(32-3)18-14-21/h5-7,9-18,30H,4,8H2,1-3H3,(H,28,29)/b27-24+. The second-order valence-electron chi connectivity index (χ2n) is 7.28. The molecule has 32 heavy (non-hydrogen) atoms. The maximum absolute atomic E-state index is 13.4. The van der Waals surface area contributed by atoms with E-state index in [0.717, 1.165) is 17.7 Å². The number of ether oxygens (including phenoxy) is 2. The van der Waals surface area contributed by atoms with Crippen LogP contribution in [0.4, 0.5) is 0 Å². The van der Waals surface area contributed by atoms with Crippen LogP contribution in [-0.4, -0.2) is 30.9 Å². The van der Waals surface area contributed by atoms with Crippen molar-refractivity contribution in [2.24, 2.45) is 5.10 Å². The Morgan fingerprint density at radius 3 is 1.81 bits per heavy atom. The average molecular weight is 433 g/mol. The summed E-state index contributed by atoms with van der Waals surface area (Å²) >= 11 is 0. The van der Waals surface area contributed by atoms with Gasteiger partial charge in [-0.15, -0.1) is 0 Å². The van der Waals surface area contributed by atoms with Crippen LogP contribution in [0.15, 0.2) is 84.0 Å². The van der Waals surface area contributed by atoms with Crippen LogP contribution in [0.25, 0.3) is 0 Å². The third-order valence-corrected chi connectivity index (χ3v) is 5.23. The van der Waals surface area contributed by atoms with E-state index >= 15 is 0 Å². The van der Waals surface area contributed by atoms with Gasteiger partial charge >= 0.3 is 0 Å². The highest BCUT2D eigenvalue weighted by molar-refractivity contribution is 6.01. The monoisotopic (exact) mass is 432 g/mol. The van der Waals surface area contributed by atoms with E-state index in [1.165, 1.54) is 0 Å². The number of rotatable bonds is 9. The molecule has 3 aromatic carbocycles. The largest absolute Gasteiger partial charge is 0.497 e. The van der Waals surface area contributed by atoms with E-state index in [-0.39, 0.29) is 0 Å². The molecule has 3 aromatic rings. The lowest BCUT2D eigenvalue weighted by atomic mass is 9.85. The van der Waals surface area contributed by atoms with Crippen LogP contribution in [-0.2, 0) is 10.4 Å². The molecule has 1 amide bonds. The Hall–Kier alpha value is -3.64. The van der Waals surface area contributed by atoms with Crippen LogP contribution in [0.1, 0.15) is 36.5 Å². The molecule has 0 spiro atoms. The predicted molar refractivity (Wildman–Crippen MR) is 125 cm³/mol. The van der Waals surface area contributed by atoms with E-state index in [9.17, 15) is 9.90 Å². The molecule has 0 radical (unpaired) electrons. The van der Waals surface area contributed by atoms with Crippen molar-refractivity contribution in [1.29, 1.82) is 0 Å². The van der Waals surface area contributed by atoms with E-state index in [1.54, 1.807) is 62.8 Å². The zero-order valence-electron chi connectivity index (χ0n) is 18.5. The van der Waals surface area contributed by atoms with Gasteiger partial charge in [0.25, 0.3) is 5.91 Å². The number of benzene rings is 3. The molecule has 0 aromatic heterocycles. The lowest BCUT2D eigenvalue weighted by Gasteiger charge is -2.27. The van der Waals surface area contributed by atoms with Gasteiger partial charge in [0.05, 0.1) is 19.9 Å². The Kier molecular flexibility index (Phi) is 7.63. The smallest absolute Gasteiger partial charge is 0.281 e. The molecule has 0 aliphatic heterocycles. The van der Waals surface area contributed by atoms with Crippen molar-refractivity contribution in [3.63, 3.8) is 0 Å². The lowest BCUT2D eigenvalue weighted by Crippen LogP contribution is -2.44. The van der Waals surface area contributed by atoms with Crippen LogP contribution in [0.5, 0.6) is 11.5 Å². The summed E-state index contributed by atoms with van der Waals surface area (Å²) < 4.78 is 10.4. The van der Waals surface area contributed by atoms with Crippen LogP contribution in [0, 0.1) is 0 Å². The van der Waals surface area contributed by atoms with Crippen LogP contribution < -0.4 is 14.9 Å². The number of hydrogen-bond acceptors (Lipinski definition) is 5. The maximum atomic E-state index is 13.4. The highest BCUT2D eigenvalue weighted by Gasteiger charge is 2.40. The van der Waals surface area contributed by atoms with Crippen molar-refractivity contribution in [2.45, 2.75) is 25.4 Å². The Bertz CT molecular complexity index is 998. The van der Waals surface area contributed by atoms with Crippen molar-refractivity contribution in [3.05, 3.63) is 95.6 Å². The fourth-order valence-electron chi connectivity index (χ4n) is 3.42. The first-order valence-corrected chi connectivity index (χ1v) is 10.5. The van der Waals surface area contributed by atoms with Crippen molar-refractivity contribution in [3.8, 4) is 11.5 Å². The molecule has 6 heteroatoms. The number of hydrazone groups is 1. The van der Waals surface area contributed by atoms with E-state index in [4.69, 9.17) is 9.47 Å². The van der Waals surface area contributed by atoms with Gasteiger partial charge < -0.3 is 14.6 Å². The molecule has 0 atom stereocenters. The molecule has 166 valence electrons. The van der Waals surface area contributed by atoms with Gasteiger partial charge in [-0.05, 0) is 47.4 Å². The molecular weight excluding hydrogens is 404 g/mol. The van der Waals surface area contributed by atoms with Crippen LogP contribution in [0.2, 0.25) is 0 Å². The molecule has 0 saturated heterocycles. The number of nitrogens with zero attached hydrogens (tertiary/aromatic N) is 1. The molecule has 0 saturated carbocycles. The molecule has 2 N–H and O–H groups in total. The van der Waals surface area contributed by atoms with Crippen molar-refractivity contribution in [2.75, 3.05) is 14.2 Å². The molecule has 0 aliphatic rings. The van der Waals surface area contributed by atoms with Crippen molar-refractivity contribution >= 4 is 11.6 Å². The number of carbonyl (C=O) groups is 1. The molecule has 6 nitrogen and oxygen atoms in total. The van der Waals surface area contributed by atoms with Gasteiger partial charge in [-0.25, -0.2) is 5.43 Å².